The third-order valence-corrected chi connectivity index (χ3v) is 7.42. The molecule has 1 fully saturated rings. The van der Waals surface area contributed by atoms with Gasteiger partial charge in [0.15, 0.2) is 0 Å². The number of esters is 1. The Morgan fingerprint density at radius 1 is 1.02 bits per heavy atom. The van der Waals surface area contributed by atoms with Crippen molar-refractivity contribution in [1.82, 2.24) is 25.1 Å². The first-order valence-corrected chi connectivity index (χ1v) is 14.7. The average Bonchev–Trinajstić information content (AvgIpc) is 3.54. The summed E-state index contributed by atoms with van der Waals surface area (Å²) >= 11 is 6.26. The number of aromatic nitrogens is 4. The first-order chi connectivity index (χ1) is 21.1. The summed E-state index contributed by atoms with van der Waals surface area (Å²) in [5.74, 6) is -1.29. The molecule has 3 aromatic carbocycles. The SMILES string of the molecule is CC(C)(C)OC(=O)c1ccc(NC(=O)[C@@H]2[C@H](c3ccccc3)CCCN2C(=O)/C=C/c2cc(Cl)ccc2-n2cnnn2)cc1. The number of nitrogens with one attached hydrogen (secondary N) is 1. The van der Waals surface area contributed by atoms with Gasteiger partial charge in [-0.3, -0.25) is 9.59 Å². The van der Waals surface area contributed by atoms with Gasteiger partial charge in [-0.1, -0.05) is 41.9 Å². The van der Waals surface area contributed by atoms with E-state index in [0.29, 0.717) is 34.1 Å². The number of carbonyl (C=O) groups is 3. The number of piperidine rings is 1. The van der Waals surface area contributed by atoms with Gasteiger partial charge in [0, 0.05) is 34.8 Å². The highest BCUT2D eigenvalue weighted by atomic mass is 35.5. The summed E-state index contributed by atoms with van der Waals surface area (Å²) in [6.07, 6.45) is 6.04. The number of halogens is 1. The Labute approximate surface area is 260 Å². The summed E-state index contributed by atoms with van der Waals surface area (Å²) < 4.78 is 6.92. The Bertz CT molecular complexity index is 1650. The Kier molecular flexibility index (Phi) is 9.20. The fourth-order valence-corrected chi connectivity index (χ4v) is 5.44. The maximum atomic E-state index is 13.9. The summed E-state index contributed by atoms with van der Waals surface area (Å²) in [4.78, 5) is 41.8. The van der Waals surface area contributed by atoms with Crippen LogP contribution in [0.15, 0.2) is 85.2 Å². The average molecular weight is 613 g/mol. The molecular weight excluding hydrogens is 580 g/mol. The zero-order valence-electron chi connectivity index (χ0n) is 24.7. The minimum atomic E-state index is -0.771. The molecule has 44 heavy (non-hydrogen) atoms. The highest BCUT2D eigenvalue weighted by molar-refractivity contribution is 6.30. The molecule has 1 aliphatic rings. The standard InChI is InChI=1S/C33H33ClN6O4/c1-33(2,3)44-32(43)23-11-15-26(16-12-23)36-31(42)30-27(22-8-5-4-6-9-22)10-7-19-39(30)29(41)18-13-24-20-25(34)14-17-28(24)40-21-35-37-38-40/h4-6,8-9,11-18,20-21,27,30H,7,10,19H2,1-3H3,(H,36,42)/b18-13+/t27-,30-/m0/s1. The molecule has 226 valence electrons. The number of benzene rings is 3. The van der Waals surface area contributed by atoms with Crippen molar-refractivity contribution in [2.75, 3.05) is 11.9 Å². The van der Waals surface area contributed by atoms with Gasteiger partial charge in [-0.25, -0.2) is 4.79 Å². The number of carbonyl (C=O) groups excluding carboxylic acids is 3. The molecular formula is C33H33ClN6O4. The van der Waals surface area contributed by atoms with E-state index in [4.69, 9.17) is 16.3 Å². The van der Waals surface area contributed by atoms with Crippen LogP contribution in [0.3, 0.4) is 0 Å². The van der Waals surface area contributed by atoms with E-state index in [1.807, 2.05) is 30.3 Å². The molecule has 0 bridgehead atoms. The number of amides is 2. The second kappa shape index (κ2) is 13.2. The van der Waals surface area contributed by atoms with Crippen LogP contribution in [-0.2, 0) is 14.3 Å². The summed E-state index contributed by atoms with van der Waals surface area (Å²) in [6.45, 7) is 5.82. The molecule has 10 nitrogen and oxygen atoms in total. The molecule has 1 aliphatic heterocycles. The number of ether oxygens (including phenoxy) is 1. The third kappa shape index (κ3) is 7.38. The molecule has 0 radical (unpaired) electrons. The highest BCUT2D eigenvalue weighted by Crippen LogP contribution is 2.34. The van der Waals surface area contributed by atoms with Gasteiger partial charge < -0.3 is 15.0 Å². The van der Waals surface area contributed by atoms with Crippen molar-refractivity contribution in [3.05, 3.63) is 107 Å². The van der Waals surface area contributed by atoms with Crippen LogP contribution in [0.4, 0.5) is 5.69 Å². The van der Waals surface area contributed by atoms with Crippen molar-refractivity contribution in [3.8, 4) is 5.69 Å². The van der Waals surface area contributed by atoms with Crippen molar-refractivity contribution < 1.29 is 19.1 Å². The first-order valence-electron chi connectivity index (χ1n) is 14.3. The summed E-state index contributed by atoms with van der Waals surface area (Å²) in [5, 5.41) is 14.8. The molecule has 2 atom stereocenters. The van der Waals surface area contributed by atoms with Crippen LogP contribution in [0.1, 0.15) is 61.0 Å². The van der Waals surface area contributed by atoms with Crippen LogP contribution >= 0.6 is 11.6 Å². The quantitative estimate of drug-likeness (QED) is 0.210. The lowest BCUT2D eigenvalue weighted by Crippen LogP contribution is -2.53. The zero-order chi connectivity index (χ0) is 31.3. The maximum absolute atomic E-state index is 13.9. The van der Waals surface area contributed by atoms with E-state index in [1.165, 1.54) is 17.1 Å². The van der Waals surface area contributed by atoms with Crippen molar-refractivity contribution in [2.45, 2.75) is 51.2 Å². The molecule has 2 heterocycles. The molecule has 1 aromatic heterocycles. The van der Waals surface area contributed by atoms with Crippen molar-refractivity contribution in [3.63, 3.8) is 0 Å². The fourth-order valence-electron chi connectivity index (χ4n) is 5.26. The Morgan fingerprint density at radius 3 is 2.45 bits per heavy atom. The van der Waals surface area contributed by atoms with E-state index >= 15 is 0 Å². The first kappa shape index (κ1) is 30.6. The topological polar surface area (TPSA) is 119 Å². The maximum Gasteiger partial charge on any atom is 0.338 e. The van der Waals surface area contributed by atoms with Crippen molar-refractivity contribution >= 4 is 41.1 Å². The fraction of sp³-hybridized carbons (Fsp3) is 0.273. The largest absolute Gasteiger partial charge is 0.456 e. The third-order valence-electron chi connectivity index (χ3n) is 7.19. The predicted molar refractivity (Wildman–Crippen MR) is 167 cm³/mol. The van der Waals surface area contributed by atoms with Gasteiger partial charge in [0.2, 0.25) is 11.8 Å². The number of tetrazole rings is 1. The minimum absolute atomic E-state index is 0.216. The van der Waals surface area contributed by atoms with Crippen molar-refractivity contribution in [1.29, 1.82) is 0 Å². The summed E-state index contributed by atoms with van der Waals surface area (Å²) in [7, 11) is 0. The molecule has 0 unspecified atom stereocenters. The van der Waals surface area contributed by atoms with E-state index in [2.05, 4.69) is 20.8 Å². The highest BCUT2D eigenvalue weighted by Gasteiger charge is 2.39. The van der Waals surface area contributed by atoms with E-state index in [9.17, 15) is 14.4 Å². The van der Waals surface area contributed by atoms with Crippen LogP contribution in [0, 0.1) is 0 Å². The van der Waals surface area contributed by atoms with E-state index in [-0.39, 0.29) is 17.7 Å². The predicted octanol–water partition coefficient (Wildman–Crippen LogP) is 5.70. The number of likely N-dealkylation sites (tertiary alicyclic amines) is 1. The molecule has 1 N–H and O–H groups in total. The summed E-state index contributed by atoms with van der Waals surface area (Å²) in [6, 6.07) is 20.7. The minimum Gasteiger partial charge on any atom is -0.456 e. The number of anilines is 1. The van der Waals surface area contributed by atoms with Gasteiger partial charge in [-0.05, 0) is 98.1 Å². The lowest BCUT2D eigenvalue weighted by Gasteiger charge is -2.40. The van der Waals surface area contributed by atoms with Gasteiger partial charge in [-0.2, -0.15) is 4.68 Å². The normalized spacial score (nSPS) is 17.0. The zero-order valence-corrected chi connectivity index (χ0v) is 25.4. The smallest absolute Gasteiger partial charge is 0.338 e. The van der Waals surface area contributed by atoms with Gasteiger partial charge >= 0.3 is 5.97 Å². The van der Waals surface area contributed by atoms with Gasteiger partial charge in [0.05, 0.1) is 11.3 Å². The van der Waals surface area contributed by atoms with Crippen molar-refractivity contribution in [2.24, 2.45) is 0 Å². The van der Waals surface area contributed by atoms with E-state index in [1.54, 1.807) is 74.2 Å². The van der Waals surface area contributed by atoms with Crippen LogP contribution < -0.4 is 5.32 Å². The van der Waals surface area contributed by atoms with E-state index in [0.717, 1.165) is 18.4 Å². The molecule has 2 amide bonds. The number of nitrogens with zero attached hydrogens (tertiary/aromatic N) is 5. The molecule has 4 aromatic rings. The lowest BCUT2D eigenvalue weighted by molar-refractivity contribution is -0.137. The monoisotopic (exact) mass is 612 g/mol. The molecule has 5 rings (SSSR count). The van der Waals surface area contributed by atoms with Crippen LogP contribution in [0.2, 0.25) is 5.02 Å². The Balaban J connectivity index is 1.40. The van der Waals surface area contributed by atoms with Crippen LogP contribution in [0.5, 0.6) is 0 Å². The van der Waals surface area contributed by atoms with Crippen LogP contribution in [-0.4, -0.2) is 61.1 Å². The number of hydrogen-bond donors (Lipinski definition) is 1. The molecule has 11 heteroatoms. The van der Waals surface area contributed by atoms with Gasteiger partial charge in [-0.15, -0.1) is 5.10 Å². The van der Waals surface area contributed by atoms with Gasteiger partial charge in [0.25, 0.3) is 0 Å². The summed E-state index contributed by atoms with van der Waals surface area (Å²) in [5.41, 5.74) is 2.53. The molecule has 0 spiro atoms. The lowest BCUT2D eigenvalue weighted by atomic mass is 9.82. The second-order valence-corrected chi connectivity index (χ2v) is 11.9. The molecule has 0 aliphatic carbocycles. The Morgan fingerprint density at radius 2 is 1.77 bits per heavy atom. The molecule has 0 saturated carbocycles. The number of rotatable bonds is 7. The number of hydrogen-bond acceptors (Lipinski definition) is 7. The van der Waals surface area contributed by atoms with Gasteiger partial charge in [0.1, 0.15) is 18.0 Å². The molecule has 1 saturated heterocycles. The van der Waals surface area contributed by atoms with Crippen LogP contribution in [0.25, 0.3) is 11.8 Å². The second-order valence-electron chi connectivity index (χ2n) is 11.5. The van der Waals surface area contributed by atoms with E-state index < -0.39 is 17.6 Å². The Hall–Kier alpha value is -4.83.